The van der Waals surface area contributed by atoms with E-state index < -0.39 is 0 Å². The molecule has 1 aliphatic heterocycles. The summed E-state index contributed by atoms with van der Waals surface area (Å²) >= 11 is 1.60. The van der Waals surface area contributed by atoms with Gasteiger partial charge in [0.1, 0.15) is 5.82 Å². The van der Waals surface area contributed by atoms with Crippen molar-refractivity contribution in [2.45, 2.75) is 32.1 Å². The van der Waals surface area contributed by atoms with Crippen molar-refractivity contribution in [1.29, 1.82) is 0 Å². The molecule has 1 atom stereocenters. The van der Waals surface area contributed by atoms with Gasteiger partial charge in [-0.3, -0.25) is 4.79 Å². The summed E-state index contributed by atoms with van der Waals surface area (Å²) < 4.78 is 13.8. The summed E-state index contributed by atoms with van der Waals surface area (Å²) in [6, 6.07) is 6.88. The number of aromatic nitrogens is 1. The predicted molar refractivity (Wildman–Crippen MR) is 85.5 cm³/mol. The van der Waals surface area contributed by atoms with E-state index in [1.165, 1.54) is 10.9 Å². The highest BCUT2D eigenvalue weighted by atomic mass is 32.1. The molecule has 1 aromatic heterocycles. The monoisotopic (exact) mass is 318 g/mol. The second-order valence-corrected chi connectivity index (χ2v) is 6.65. The third-order valence-corrected chi connectivity index (χ3v) is 5.29. The smallest absolute Gasteiger partial charge is 0.222 e. The number of hydrogen-bond donors (Lipinski definition) is 0. The fourth-order valence-electron chi connectivity index (χ4n) is 2.99. The summed E-state index contributed by atoms with van der Waals surface area (Å²) in [6.45, 7) is 3.32. The van der Waals surface area contributed by atoms with Gasteiger partial charge in [0, 0.05) is 30.3 Å². The Morgan fingerprint density at radius 3 is 3.00 bits per heavy atom. The van der Waals surface area contributed by atoms with Crippen LogP contribution in [0.2, 0.25) is 0 Å². The number of hydrogen-bond acceptors (Lipinski definition) is 3. The number of likely N-dealkylation sites (tertiary alicyclic amines) is 1. The van der Waals surface area contributed by atoms with Crippen molar-refractivity contribution >= 4 is 17.2 Å². The minimum absolute atomic E-state index is 0.121. The lowest BCUT2D eigenvalue weighted by Gasteiger charge is -2.17. The minimum atomic E-state index is -0.165. The molecule has 1 aliphatic rings. The summed E-state index contributed by atoms with van der Waals surface area (Å²) in [7, 11) is 0. The van der Waals surface area contributed by atoms with Crippen molar-refractivity contribution in [3.8, 4) is 0 Å². The zero-order valence-corrected chi connectivity index (χ0v) is 13.4. The van der Waals surface area contributed by atoms with Crippen LogP contribution in [0.3, 0.4) is 0 Å². The van der Waals surface area contributed by atoms with Gasteiger partial charge < -0.3 is 4.90 Å². The highest BCUT2D eigenvalue weighted by molar-refractivity contribution is 7.09. The van der Waals surface area contributed by atoms with Gasteiger partial charge in [-0.15, -0.1) is 11.3 Å². The maximum atomic E-state index is 13.8. The van der Waals surface area contributed by atoms with Crippen LogP contribution in [0, 0.1) is 12.7 Å². The Morgan fingerprint density at radius 2 is 2.27 bits per heavy atom. The van der Waals surface area contributed by atoms with E-state index in [1.54, 1.807) is 17.4 Å². The molecule has 2 aromatic rings. The van der Waals surface area contributed by atoms with Gasteiger partial charge >= 0.3 is 0 Å². The molecule has 2 heterocycles. The van der Waals surface area contributed by atoms with Crippen molar-refractivity contribution in [2.75, 3.05) is 13.1 Å². The first-order valence-electron chi connectivity index (χ1n) is 7.56. The standard InChI is InChI=1S/C17H19FN2OS/c1-12-16(22-11-19-12)6-7-17(21)20-9-8-13(10-20)14-4-2-3-5-15(14)18/h2-5,11,13H,6-10H2,1H3. The van der Waals surface area contributed by atoms with E-state index in [-0.39, 0.29) is 17.6 Å². The molecule has 1 saturated heterocycles. The van der Waals surface area contributed by atoms with Gasteiger partial charge in [-0.25, -0.2) is 9.37 Å². The van der Waals surface area contributed by atoms with Gasteiger partial charge in [0.05, 0.1) is 11.2 Å². The Balaban J connectivity index is 1.57. The molecule has 1 aromatic carbocycles. The second-order valence-electron chi connectivity index (χ2n) is 5.71. The number of aryl methyl sites for hydroxylation is 2. The fourth-order valence-corrected chi connectivity index (χ4v) is 3.77. The third kappa shape index (κ3) is 3.19. The quantitative estimate of drug-likeness (QED) is 0.864. The minimum Gasteiger partial charge on any atom is -0.342 e. The van der Waals surface area contributed by atoms with E-state index in [9.17, 15) is 9.18 Å². The molecule has 116 valence electrons. The number of benzene rings is 1. The summed E-state index contributed by atoms with van der Waals surface area (Å²) in [6.07, 6.45) is 2.09. The average Bonchev–Trinajstić information content (AvgIpc) is 3.14. The van der Waals surface area contributed by atoms with Crippen molar-refractivity contribution in [1.82, 2.24) is 9.88 Å². The van der Waals surface area contributed by atoms with Gasteiger partial charge in [-0.1, -0.05) is 18.2 Å². The molecule has 5 heteroatoms. The lowest BCUT2D eigenvalue weighted by atomic mass is 9.98. The summed E-state index contributed by atoms with van der Waals surface area (Å²) in [5, 5.41) is 0. The van der Waals surface area contributed by atoms with Crippen molar-refractivity contribution < 1.29 is 9.18 Å². The second kappa shape index (κ2) is 6.57. The Bertz CT molecular complexity index is 670. The molecule has 0 bridgehead atoms. The van der Waals surface area contributed by atoms with Gasteiger partial charge in [0.2, 0.25) is 5.91 Å². The third-order valence-electron chi connectivity index (χ3n) is 4.30. The van der Waals surface area contributed by atoms with E-state index >= 15 is 0 Å². The number of carbonyl (C=O) groups is 1. The molecular weight excluding hydrogens is 299 g/mol. The number of rotatable bonds is 4. The van der Waals surface area contributed by atoms with E-state index in [2.05, 4.69) is 4.98 Å². The molecule has 0 N–H and O–H groups in total. The van der Waals surface area contributed by atoms with Crippen LogP contribution in [-0.2, 0) is 11.2 Å². The topological polar surface area (TPSA) is 33.2 Å². The summed E-state index contributed by atoms with van der Waals surface area (Å²) in [5.74, 6) is 0.115. The fraction of sp³-hybridized carbons (Fsp3) is 0.412. The van der Waals surface area contributed by atoms with E-state index in [4.69, 9.17) is 0 Å². The number of nitrogens with zero attached hydrogens (tertiary/aromatic N) is 2. The average molecular weight is 318 g/mol. The normalized spacial score (nSPS) is 17.9. The zero-order chi connectivity index (χ0) is 15.5. The maximum Gasteiger partial charge on any atom is 0.222 e. The van der Waals surface area contributed by atoms with Gasteiger partial charge in [-0.2, -0.15) is 0 Å². The molecule has 0 spiro atoms. The summed E-state index contributed by atoms with van der Waals surface area (Å²) in [4.78, 5) is 19.6. The maximum absolute atomic E-state index is 13.8. The number of halogens is 1. The van der Waals surface area contributed by atoms with Crippen LogP contribution < -0.4 is 0 Å². The predicted octanol–water partition coefficient (Wildman–Crippen LogP) is 3.54. The Hall–Kier alpha value is -1.75. The lowest BCUT2D eigenvalue weighted by Crippen LogP contribution is -2.28. The Kier molecular flexibility index (Phi) is 4.52. The zero-order valence-electron chi connectivity index (χ0n) is 12.6. The van der Waals surface area contributed by atoms with Crippen LogP contribution in [0.4, 0.5) is 4.39 Å². The molecule has 1 fully saturated rings. The van der Waals surface area contributed by atoms with E-state index in [1.807, 2.05) is 29.5 Å². The molecule has 0 radical (unpaired) electrons. The van der Waals surface area contributed by atoms with Crippen molar-refractivity contribution in [3.63, 3.8) is 0 Å². The Labute approximate surface area is 133 Å². The molecule has 1 amide bonds. The SMILES string of the molecule is Cc1ncsc1CCC(=O)N1CCC(c2ccccc2F)C1. The van der Waals surface area contributed by atoms with Gasteiger partial charge in [0.15, 0.2) is 0 Å². The van der Waals surface area contributed by atoms with Gasteiger partial charge in [-0.05, 0) is 31.4 Å². The van der Waals surface area contributed by atoms with Crippen LogP contribution in [0.1, 0.15) is 34.9 Å². The van der Waals surface area contributed by atoms with Crippen LogP contribution in [0.15, 0.2) is 29.8 Å². The highest BCUT2D eigenvalue weighted by Gasteiger charge is 2.28. The lowest BCUT2D eigenvalue weighted by molar-refractivity contribution is -0.130. The van der Waals surface area contributed by atoms with E-state index in [0.29, 0.717) is 13.0 Å². The Morgan fingerprint density at radius 1 is 1.45 bits per heavy atom. The molecule has 1 unspecified atom stereocenters. The van der Waals surface area contributed by atoms with Crippen molar-refractivity contribution in [3.05, 3.63) is 51.7 Å². The highest BCUT2D eigenvalue weighted by Crippen LogP contribution is 2.29. The van der Waals surface area contributed by atoms with Gasteiger partial charge in [0.25, 0.3) is 0 Å². The largest absolute Gasteiger partial charge is 0.342 e. The first-order chi connectivity index (χ1) is 10.6. The number of thiazole rings is 1. The van der Waals surface area contributed by atoms with Crippen molar-refractivity contribution in [2.24, 2.45) is 0 Å². The number of amides is 1. The van der Waals surface area contributed by atoms with Crippen LogP contribution in [0.5, 0.6) is 0 Å². The van der Waals surface area contributed by atoms with Crippen LogP contribution >= 0.6 is 11.3 Å². The molecular formula is C17H19FN2OS. The van der Waals surface area contributed by atoms with E-state index in [0.717, 1.165) is 30.6 Å². The first-order valence-corrected chi connectivity index (χ1v) is 8.44. The molecule has 0 aliphatic carbocycles. The molecule has 3 nitrogen and oxygen atoms in total. The molecule has 22 heavy (non-hydrogen) atoms. The summed E-state index contributed by atoms with van der Waals surface area (Å²) in [5.41, 5.74) is 3.57. The molecule has 0 saturated carbocycles. The first kappa shape index (κ1) is 15.2. The van der Waals surface area contributed by atoms with Crippen LogP contribution in [0.25, 0.3) is 0 Å². The van der Waals surface area contributed by atoms with Crippen LogP contribution in [-0.4, -0.2) is 28.9 Å². The number of carbonyl (C=O) groups excluding carboxylic acids is 1. The molecule has 3 rings (SSSR count).